The Hall–Kier alpha value is -2.46. The maximum Gasteiger partial charge on any atom is 0.261 e. The Bertz CT molecular complexity index is 933. The van der Waals surface area contributed by atoms with E-state index >= 15 is 0 Å². The number of fused-ring (bicyclic) bond motifs is 1. The third kappa shape index (κ3) is 4.87. The van der Waals surface area contributed by atoms with Crippen molar-refractivity contribution in [3.63, 3.8) is 0 Å². The fraction of sp³-hybridized carbons (Fsp3) is 0.417. The molecule has 28 heavy (non-hydrogen) atoms. The fourth-order valence-electron chi connectivity index (χ4n) is 3.62. The van der Waals surface area contributed by atoms with Gasteiger partial charge in [-0.2, -0.15) is 0 Å². The van der Waals surface area contributed by atoms with Gasteiger partial charge in [0.25, 0.3) is 5.56 Å². The number of unbranched alkanes of at least 4 members (excludes halogenated alkanes) is 3. The summed E-state index contributed by atoms with van der Waals surface area (Å²) in [7, 11) is 0. The summed E-state index contributed by atoms with van der Waals surface area (Å²) in [5.74, 6) is 0.838. The Morgan fingerprint density at radius 1 is 0.964 bits per heavy atom. The van der Waals surface area contributed by atoms with Crippen LogP contribution in [0.25, 0.3) is 10.9 Å². The van der Waals surface area contributed by atoms with E-state index in [1.54, 1.807) is 0 Å². The molecule has 0 saturated carbocycles. The minimum absolute atomic E-state index is 0.0377. The minimum atomic E-state index is 0.0377. The lowest BCUT2D eigenvalue weighted by Gasteiger charge is -2.22. The first kappa shape index (κ1) is 20.3. The van der Waals surface area contributed by atoms with Gasteiger partial charge < -0.3 is 5.32 Å². The molecule has 4 heteroatoms. The Labute approximate surface area is 167 Å². The van der Waals surface area contributed by atoms with Crippen LogP contribution in [-0.4, -0.2) is 16.1 Å². The molecule has 4 nitrogen and oxygen atoms in total. The van der Waals surface area contributed by atoms with E-state index in [0.29, 0.717) is 11.9 Å². The number of para-hydroxylation sites is 1. The first-order valence-electron chi connectivity index (χ1n) is 10.5. The lowest BCUT2D eigenvalue weighted by Crippen LogP contribution is -2.32. The maximum atomic E-state index is 13.3. The van der Waals surface area contributed by atoms with Gasteiger partial charge in [0, 0.05) is 0 Å². The number of hydrogen-bond acceptors (Lipinski definition) is 3. The zero-order chi connectivity index (χ0) is 19.8. The molecular formula is C24H31N3O. The summed E-state index contributed by atoms with van der Waals surface area (Å²) < 4.78 is 1.85. The molecule has 1 heterocycles. The van der Waals surface area contributed by atoms with Crippen LogP contribution in [0.5, 0.6) is 0 Å². The highest BCUT2D eigenvalue weighted by molar-refractivity contribution is 5.77. The first-order valence-corrected chi connectivity index (χ1v) is 10.5. The van der Waals surface area contributed by atoms with Gasteiger partial charge in [0.05, 0.1) is 23.5 Å². The van der Waals surface area contributed by atoms with E-state index in [9.17, 15) is 4.79 Å². The summed E-state index contributed by atoms with van der Waals surface area (Å²) in [5, 5.41) is 4.32. The van der Waals surface area contributed by atoms with E-state index in [1.807, 2.05) is 47.0 Å². The fourth-order valence-corrected chi connectivity index (χ4v) is 3.62. The summed E-state index contributed by atoms with van der Waals surface area (Å²) in [6.07, 6.45) is 5.79. The van der Waals surface area contributed by atoms with Crippen molar-refractivity contribution in [2.24, 2.45) is 0 Å². The van der Waals surface area contributed by atoms with Gasteiger partial charge in [-0.05, 0) is 37.1 Å². The van der Waals surface area contributed by atoms with E-state index in [1.165, 1.54) is 19.3 Å². The van der Waals surface area contributed by atoms with E-state index in [-0.39, 0.29) is 11.6 Å². The number of aromatic nitrogens is 2. The van der Waals surface area contributed by atoms with Gasteiger partial charge in [-0.15, -0.1) is 0 Å². The summed E-state index contributed by atoms with van der Waals surface area (Å²) in [6, 6.07) is 17.9. The van der Waals surface area contributed by atoms with Gasteiger partial charge >= 0.3 is 0 Å². The Balaban J connectivity index is 1.96. The second-order valence-corrected chi connectivity index (χ2v) is 7.34. The van der Waals surface area contributed by atoms with E-state index in [2.05, 4.69) is 31.3 Å². The largest absolute Gasteiger partial charge is 0.307 e. The molecule has 1 atom stereocenters. The molecule has 2 aromatic carbocycles. The highest BCUT2D eigenvalue weighted by atomic mass is 16.1. The number of nitrogens with one attached hydrogen (secondary N) is 1. The summed E-state index contributed by atoms with van der Waals surface area (Å²) in [4.78, 5) is 18.2. The number of hydrogen-bond donors (Lipinski definition) is 1. The number of nitrogens with zero attached hydrogens (tertiary/aromatic N) is 2. The predicted molar refractivity (Wildman–Crippen MR) is 117 cm³/mol. The number of benzene rings is 2. The molecule has 3 rings (SSSR count). The van der Waals surface area contributed by atoms with Crippen LogP contribution in [0, 0.1) is 0 Å². The average Bonchev–Trinajstić information content (AvgIpc) is 2.74. The molecule has 1 N–H and O–H groups in total. The van der Waals surface area contributed by atoms with Crippen molar-refractivity contribution in [3.8, 4) is 0 Å². The molecule has 148 valence electrons. The van der Waals surface area contributed by atoms with Gasteiger partial charge in [0.2, 0.25) is 0 Å². The summed E-state index contributed by atoms with van der Waals surface area (Å²) in [6.45, 7) is 5.87. The SMILES string of the molecule is CCCCCCN[C@H](CC)c1nc2ccccc2c(=O)n1Cc1ccccc1. The van der Waals surface area contributed by atoms with Crippen LogP contribution in [0.2, 0.25) is 0 Å². The summed E-state index contributed by atoms with van der Waals surface area (Å²) >= 11 is 0. The van der Waals surface area contributed by atoms with Crippen LogP contribution in [0.1, 0.15) is 63.4 Å². The molecule has 3 aromatic rings. The number of rotatable bonds is 10. The highest BCUT2D eigenvalue weighted by Crippen LogP contribution is 2.18. The van der Waals surface area contributed by atoms with E-state index in [4.69, 9.17) is 4.98 Å². The smallest absolute Gasteiger partial charge is 0.261 e. The first-order chi connectivity index (χ1) is 13.7. The molecule has 0 spiro atoms. The maximum absolute atomic E-state index is 13.3. The van der Waals surface area contributed by atoms with Crippen molar-refractivity contribution in [1.82, 2.24) is 14.9 Å². The van der Waals surface area contributed by atoms with Crippen LogP contribution < -0.4 is 10.9 Å². The Morgan fingerprint density at radius 3 is 2.46 bits per heavy atom. The third-order valence-electron chi connectivity index (χ3n) is 5.22. The Kier molecular flexibility index (Phi) is 7.38. The molecular weight excluding hydrogens is 346 g/mol. The molecule has 0 aliphatic carbocycles. The van der Waals surface area contributed by atoms with Gasteiger partial charge in [-0.1, -0.05) is 75.6 Å². The summed E-state index contributed by atoms with van der Waals surface area (Å²) in [5.41, 5.74) is 1.93. The van der Waals surface area contributed by atoms with Crippen LogP contribution in [0.3, 0.4) is 0 Å². The quantitative estimate of drug-likeness (QED) is 0.502. The van der Waals surface area contributed by atoms with Crippen molar-refractivity contribution in [2.45, 2.75) is 58.5 Å². The van der Waals surface area contributed by atoms with Crippen molar-refractivity contribution in [2.75, 3.05) is 6.54 Å². The molecule has 0 radical (unpaired) electrons. The van der Waals surface area contributed by atoms with Gasteiger partial charge in [0.1, 0.15) is 5.82 Å². The van der Waals surface area contributed by atoms with Crippen molar-refractivity contribution in [3.05, 3.63) is 76.3 Å². The lowest BCUT2D eigenvalue weighted by molar-refractivity contribution is 0.455. The molecule has 0 aliphatic rings. The second kappa shape index (κ2) is 10.2. The predicted octanol–water partition coefficient (Wildman–Crippen LogP) is 5.07. The van der Waals surface area contributed by atoms with Gasteiger partial charge in [-0.25, -0.2) is 4.98 Å². The average molecular weight is 378 g/mol. The van der Waals surface area contributed by atoms with Crippen molar-refractivity contribution in [1.29, 1.82) is 0 Å². The van der Waals surface area contributed by atoms with E-state index in [0.717, 1.165) is 36.3 Å². The van der Waals surface area contributed by atoms with Gasteiger partial charge in [-0.3, -0.25) is 9.36 Å². The van der Waals surface area contributed by atoms with Gasteiger partial charge in [0.15, 0.2) is 0 Å². The molecule has 0 aliphatic heterocycles. The molecule has 1 aromatic heterocycles. The third-order valence-corrected chi connectivity index (χ3v) is 5.22. The minimum Gasteiger partial charge on any atom is -0.307 e. The zero-order valence-corrected chi connectivity index (χ0v) is 17.0. The van der Waals surface area contributed by atoms with E-state index < -0.39 is 0 Å². The molecule has 0 unspecified atom stereocenters. The second-order valence-electron chi connectivity index (χ2n) is 7.34. The van der Waals surface area contributed by atoms with Crippen molar-refractivity contribution < 1.29 is 0 Å². The topological polar surface area (TPSA) is 46.9 Å². The lowest BCUT2D eigenvalue weighted by atomic mass is 10.1. The van der Waals surface area contributed by atoms with Crippen LogP contribution in [0.4, 0.5) is 0 Å². The van der Waals surface area contributed by atoms with Crippen molar-refractivity contribution >= 4 is 10.9 Å². The molecule has 0 amide bonds. The highest BCUT2D eigenvalue weighted by Gasteiger charge is 2.18. The van der Waals surface area contributed by atoms with Crippen LogP contribution in [-0.2, 0) is 6.54 Å². The van der Waals surface area contributed by atoms with Crippen LogP contribution >= 0.6 is 0 Å². The Morgan fingerprint density at radius 2 is 1.71 bits per heavy atom. The normalized spacial score (nSPS) is 12.4. The zero-order valence-electron chi connectivity index (χ0n) is 17.0. The standard InChI is InChI=1S/C24H31N3O/c1-3-5-6-12-17-25-21(4-2)23-26-22-16-11-10-15-20(22)24(28)27(23)18-19-13-8-7-9-14-19/h7-11,13-16,21,25H,3-6,12,17-18H2,1-2H3/t21-/m1/s1. The monoisotopic (exact) mass is 377 g/mol. The van der Waals surface area contributed by atoms with Crippen LogP contribution in [0.15, 0.2) is 59.4 Å². The molecule has 0 fully saturated rings. The molecule has 0 saturated heterocycles. The molecule has 0 bridgehead atoms.